The number of alkyl halides is 1. The molecule has 1 saturated heterocycles. The van der Waals surface area contributed by atoms with Gasteiger partial charge in [0, 0.05) is 12.5 Å². The number of fused-ring (bicyclic) bond motifs is 3. The molecule has 0 radical (unpaired) electrons. The summed E-state index contributed by atoms with van der Waals surface area (Å²) in [6, 6.07) is 16.2. The summed E-state index contributed by atoms with van der Waals surface area (Å²) in [6.07, 6.45) is 0.200. The summed E-state index contributed by atoms with van der Waals surface area (Å²) in [7, 11) is 0. The number of aliphatic hydroxyl groups is 1. The van der Waals surface area contributed by atoms with Crippen LogP contribution in [0.1, 0.15) is 23.5 Å². The van der Waals surface area contributed by atoms with Crippen LogP contribution in [-0.4, -0.2) is 47.3 Å². The fourth-order valence-corrected chi connectivity index (χ4v) is 4.29. The predicted molar refractivity (Wildman–Crippen MR) is 96.9 cm³/mol. The van der Waals surface area contributed by atoms with Gasteiger partial charge >= 0.3 is 6.09 Å². The Hall–Kier alpha value is -2.04. The third kappa shape index (κ3) is 2.90. The number of amides is 1. The second-order valence-corrected chi connectivity index (χ2v) is 7.24. The molecule has 1 fully saturated rings. The Kier molecular flexibility index (Phi) is 4.40. The quantitative estimate of drug-likeness (QED) is 0.854. The van der Waals surface area contributed by atoms with Crippen molar-refractivity contribution in [2.24, 2.45) is 0 Å². The van der Waals surface area contributed by atoms with Crippen molar-refractivity contribution < 1.29 is 14.6 Å². The van der Waals surface area contributed by atoms with Crippen molar-refractivity contribution in [1.29, 1.82) is 0 Å². The second kappa shape index (κ2) is 6.70. The van der Waals surface area contributed by atoms with Crippen LogP contribution in [-0.2, 0) is 4.74 Å². The summed E-state index contributed by atoms with van der Waals surface area (Å²) in [5, 5.41) is 9.31. The van der Waals surface area contributed by atoms with Crippen molar-refractivity contribution in [2.45, 2.75) is 23.8 Å². The van der Waals surface area contributed by atoms with Crippen molar-refractivity contribution in [3.63, 3.8) is 0 Å². The molecule has 0 spiro atoms. The van der Waals surface area contributed by atoms with Gasteiger partial charge < -0.3 is 14.7 Å². The number of carbonyl (C=O) groups excluding carboxylic acids is 1. The molecule has 2 aromatic rings. The summed E-state index contributed by atoms with van der Waals surface area (Å²) >= 11 is 6.13. The van der Waals surface area contributed by atoms with Crippen molar-refractivity contribution in [2.75, 3.05) is 19.8 Å². The highest BCUT2D eigenvalue weighted by Gasteiger charge is 2.36. The molecule has 2 aromatic carbocycles. The van der Waals surface area contributed by atoms with Crippen LogP contribution in [0, 0.1) is 0 Å². The van der Waals surface area contributed by atoms with E-state index in [1.54, 1.807) is 4.90 Å². The molecule has 1 aliphatic carbocycles. The van der Waals surface area contributed by atoms with Crippen LogP contribution < -0.4 is 0 Å². The van der Waals surface area contributed by atoms with E-state index in [4.69, 9.17) is 16.3 Å². The molecule has 2 aliphatic rings. The van der Waals surface area contributed by atoms with Gasteiger partial charge in [-0.15, -0.1) is 11.6 Å². The first-order chi connectivity index (χ1) is 12.2. The van der Waals surface area contributed by atoms with Gasteiger partial charge in [-0.3, -0.25) is 0 Å². The largest absolute Gasteiger partial charge is 0.448 e. The van der Waals surface area contributed by atoms with Crippen LogP contribution in [0.5, 0.6) is 0 Å². The third-order valence-electron chi connectivity index (χ3n) is 5.14. The number of hydrogen-bond acceptors (Lipinski definition) is 3. The Labute approximate surface area is 152 Å². The highest BCUT2D eigenvalue weighted by molar-refractivity contribution is 6.21. The highest BCUT2D eigenvalue weighted by atomic mass is 35.5. The molecule has 1 amide bonds. The molecule has 4 nitrogen and oxygen atoms in total. The fourth-order valence-electron chi connectivity index (χ4n) is 3.93. The van der Waals surface area contributed by atoms with Crippen molar-refractivity contribution >= 4 is 17.7 Å². The average molecular weight is 358 g/mol. The van der Waals surface area contributed by atoms with E-state index in [1.807, 2.05) is 24.3 Å². The molecule has 25 heavy (non-hydrogen) atoms. The molecule has 1 aliphatic heterocycles. The Morgan fingerprint density at radius 1 is 1.12 bits per heavy atom. The Morgan fingerprint density at radius 3 is 2.32 bits per heavy atom. The highest BCUT2D eigenvalue weighted by Crippen LogP contribution is 2.44. The molecule has 1 N–H and O–H groups in total. The molecule has 130 valence electrons. The SMILES string of the molecule is O=C(OCC1c2ccccc2-c2ccccc21)N1C[C@@H](Cl)C[C@H]1CO. The van der Waals surface area contributed by atoms with E-state index in [1.165, 1.54) is 22.3 Å². The monoisotopic (exact) mass is 357 g/mol. The van der Waals surface area contributed by atoms with Gasteiger partial charge in [-0.2, -0.15) is 0 Å². The summed E-state index contributed by atoms with van der Waals surface area (Å²) in [4.78, 5) is 14.0. The molecule has 0 bridgehead atoms. The smallest absolute Gasteiger partial charge is 0.410 e. The molecular formula is C20H20ClNO3. The lowest BCUT2D eigenvalue weighted by molar-refractivity contribution is 0.0827. The Balaban J connectivity index is 1.53. The zero-order valence-electron chi connectivity index (χ0n) is 13.8. The van der Waals surface area contributed by atoms with E-state index >= 15 is 0 Å². The molecule has 0 aromatic heterocycles. The Morgan fingerprint density at radius 2 is 1.72 bits per heavy atom. The fraction of sp³-hybridized carbons (Fsp3) is 0.350. The summed E-state index contributed by atoms with van der Waals surface area (Å²) in [6.45, 7) is 0.616. The number of benzene rings is 2. The average Bonchev–Trinajstić information content (AvgIpc) is 3.18. The van der Waals surface area contributed by atoms with Crippen LogP contribution in [0.25, 0.3) is 11.1 Å². The Bertz CT molecular complexity index is 749. The standard InChI is InChI=1S/C20H20ClNO3/c21-13-9-14(11-23)22(10-13)20(24)25-12-19-17-7-3-1-5-15(17)16-6-2-4-8-18(16)19/h1-8,13-14,19,23H,9-12H2/t13-,14-/m0/s1. The predicted octanol–water partition coefficient (Wildman–Crippen LogP) is 3.61. The number of likely N-dealkylation sites (tertiary alicyclic amines) is 1. The molecule has 4 rings (SSSR count). The molecular weight excluding hydrogens is 338 g/mol. The first-order valence-corrected chi connectivity index (χ1v) is 8.99. The topological polar surface area (TPSA) is 49.8 Å². The van der Waals surface area contributed by atoms with E-state index < -0.39 is 6.09 Å². The minimum Gasteiger partial charge on any atom is -0.448 e. The minimum atomic E-state index is -0.399. The zero-order chi connectivity index (χ0) is 17.4. The van der Waals surface area contributed by atoms with Crippen molar-refractivity contribution in [1.82, 2.24) is 4.90 Å². The second-order valence-electron chi connectivity index (χ2n) is 6.63. The maximum Gasteiger partial charge on any atom is 0.410 e. The minimum absolute atomic E-state index is 0.0401. The molecule has 0 saturated carbocycles. The number of carbonyl (C=O) groups is 1. The number of hydrogen-bond donors (Lipinski definition) is 1. The molecule has 5 heteroatoms. The summed E-state index contributed by atoms with van der Waals surface area (Å²) in [5.41, 5.74) is 4.78. The van der Waals surface area contributed by atoms with Gasteiger partial charge in [0.2, 0.25) is 0 Å². The van der Waals surface area contributed by atoms with E-state index in [0.717, 1.165) is 0 Å². The van der Waals surface area contributed by atoms with E-state index in [0.29, 0.717) is 13.0 Å². The number of nitrogens with zero attached hydrogens (tertiary/aromatic N) is 1. The van der Waals surface area contributed by atoms with Crippen LogP contribution >= 0.6 is 11.6 Å². The van der Waals surface area contributed by atoms with Crippen LogP contribution in [0.2, 0.25) is 0 Å². The van der Waals surface area contributed by atoms with E-state index in [9.17, 15) is 9.90 Å². The van der Waals surface area contributed by atoms with Crippen LogP contribution in [0.4, 0.5) is 4.79 Å². The van der Waals surface area contributed by atoms with E-state index in [-0.39, 0.29) is 30.6 Å². The van der Waals surface area contributed by atoms with Gasteiger partial charge in [0.05, 0.1) is 18.0 Å². The van der Waals surface area contributed by atoms with Gasteiger partial charge in [0.15, 0.2) is 0 Å². The normalized spacial score (nSPS) is 21.9. The van der Waals surface area contributed by atoms with Crippen LogP contribution in [0.3, 0.4) is 0 Å². The molecule has 2 atom stereocenters. The van der Waals surface area contributed by atoms with Gasteiger partial charge in [0.1, 0.15) is 6.61 Å². The van der Waals surface area contributed by atoms with Gasteiger partial charge in [-0.05, 0) is 28.7 Å². The number of halogens is 1. The first-order valence-electron chi connectivity index (χ1n) is 8.55. The van der Waals surface area contributed by atoms with Gasteiger partial charge in [-0.25, -0.2) is 4.79 Å². The first kappa shape index (κ1) is 16.4. The number of ether oxygens (including phenoxy) is 1. The van der Waals surface area contributed by atoms with Gasteiger partial charge in [-0.1, -0.05) is 48.5 Å². The third-order valence-corrected chi connectivity index (χ3v) is 5.46. The number of aliphatic hydroxyl groups excluding tert-OH is 1. The maximum absolute atomic E-state index is 12.5. The van der Waals surface area contributed by atoms with Crippen molar-refractivity contribution in [3.8, 4) is 11.1 Å². The molecule has 0 unspecified atom stereocenters. The lowest BCUT2D eigenvalue weighted by Crippen LogP contribution is -2.38. The van der Waals surface area contributed by atoms with Crippen LogP contribution in [0.15, 0.2) is 48.5 Å². The van der Waals surface area contributed by atoms with E-state index in [2.05, 4.69) is 24.3 Å². The van der Waals surface area contributed by atoms with Gasteiger partial charge in [0.25, 0.3) is 0 Å². The lowest BCUT2D eigenvalue weighted by atomic mass is 9.98. The lowest BCUT2D eigenvalue weighted by Gasteiger charge is -2.23. The zero-order valence-corrected chi connectivity index (χ0v) is 14.5. The number of rotatable bonds is 3. The van der Waals surface area contributed by atoms with Crippen molar-refractivity contribution in [3.05, 3.63) is 59.7 Å². The summed E-state index contributed by atoms with van der Waals surface area (Å²) in [5.74, 6) is 0.0401. The molecule has 1 heterocycles. The maximum atomic E-state index is 12.5. The summed E-state index contributed by atoms with van der Waals surface area (Å²) < 4.78 is 5.62.